The van der Waals surface area contributed by atoms with Gasteiger partial charge in [0.15, 0.2) is 0 Å². The number of hydrogen-bond acceptors (Lipinski definition) is 5. The highest BCUT2D eigenvalue weighted by Gasteiger charge is 2.15. The molecule has 0 atom stereocenters. The number of sulfonamides is 1. The molecule has 0 aliphatic heterocycles. The summed E-state index contributed by atoms with van der Waals surface area (Å²) in [5, 5.41) is 0. The van der Waals surface area contributed by atoms with E-state index in [2.05, 4.69) is 19.7 Å². The summed E-state index contributed by atoms with van der Waals surface area (Å²) in [6.45, 7) is 0. The lowest BCUT2D eigenvalue weighted by atomic mass is 10.1. The first kappa shape index (κ1) is 20.1. The van der Waals surface area contributed by atoms with E-state index in [4.69, 9.17) is 0 Å². The summed E-state index contributed by atoms with van der Waals surface area (Å²) in [6, 6.07) is 17.8. The van der Waals surface area contributed by atoms with Crippen LogP contribution in [0.3, 0.4) is 0 Å². The second-order valence-corrected chi connectivity index (χ2v) is 9.47. The molecule has 0 spiro atoms. The van der Waals surface area contributed by atoms with E-state index in [9.17, 15) is 8.42 Å². The molecular formula is C25H18N6O2S. The summed E-state index contributed by atoms with van der Waals surface area (Å²) in [4.78, 5) is 13.5. The second-order valence-electron chi connectivity index (χ2n) is 7.79. The van der Waals surface area contributed by atoms with Crippen LogP contribution in [0.25, 0.3) is 33.7 Å². The van der Waals surface area contributed by atoms with Gasteiger partial charge in [-0.1, -0.05) is 18.2 Å². The van der Waals surface area contributed by atoms with Crippen molar-refractivity contribution in [1.82, 2.24) is 23.8 Å². The predicted molar refractivity (Wildman–Crippen MR) is 130 cm³/mol. The van der Waals surface area contributed by atoms with E-state index in [0.29, 0.717) is 5.69 Å². The van der Waals surface area contributed by atoms with E-state index in [1.54, 1.807) is 42.6 Å². The first-order valence-corrected chi connectivity index (χ1v) is 12.0. The lowest BCUT2D eigenvalue weighted by Gasteiger charge is -2.10. The van der Waals surface area contributed by atoms with Gasteiger partial charge in [-0.2, -0.15) is 0 Å². The number of imidazole rings is 1. The predicted octanol–water partition coefficient (Wildman–Crippen LogP) is 4.51. The first-order chi connectivity index (χ1) is 16.6. The van der Waals surface area contributed by atoms with Crippen LogP contribution in [0.15, 0.2) is 109 Å². The minimum absolute atomic E-state index is 0.193. The Labute approximate surface area is 195 Å². The summed E-state index contributed by atoms with van der Waals surface area (Å²) < 4.78 is 32.0. The van der Waals surface area contributed by atoms with Crippen molar-refractivity contribution in [2.75, 3.05) is 4.72 Å². The Bertz CT molecular complexity index is 1760. The molecule has 8 nitrogen and oxygen atoms in total. The summed E-state index contributed by atoms with van der Waals surface area (Å²) in [6.07, 6.45) is 12.8. The SMILES string of the molecule is O=S(=O)(Nc1cncc(-c2ccc3ncc(-c4cnc5cccn5c4)n3c2)c1)c1ccccc1. The van der Waals surface area contributed by atoms with Gasteiger partial charge in [-0.15, -0.1) is 0 Å². The lowest BCUT2D eigenvalue weighted by Crippen LogP contribution is -2.13. The number of fused-ring (bicyclic) bond motifs is 2. The number of benzene rings is 1. The summed E-state index contributed by atoms with van der Waals surface area (Å²) >= 11 is 0. The summed E-state index contributed by atoms with van der Waals surface area (Å²) in [5.41, 5.74) is 5.52. The Hall–Kier alpha value is -4.50. The third kappa shape index (κ3) is 3.57. The normalized spacial score (nSPS) is 11.8. The van der Waals surface area contributed by atoms with Crippen LogP contribution in [0.5, 0.6) is 0 Å². The zero-order chi connectivity index (χ0) is 23.1. The molecule has 1 aromatic carbocycles. The molecule has 9 heteroatoms. The lowest BCUT2D eigenvalue weighted by molar-refractivity contribution is 0.601. The van der Waals surface area contributed by atoms with Gasteiger partial charge in [0.2, 0.25) is 0 Å². The third-order valence-electron chi connectivity index (χ3n) is 5.55. The Balaban J connectivity index is 1.37. The molecule has 0 aliphatic rings. The number of pyridine rings is 2. The van der Waals surface area contributed by atoms with Crippen LogP contribution in [-0.4, -0.2) is 32.2 Å². The molecule has 6 rings (SSSR count). The van der Waals surface area contributed by atoms with Gasteiger partial charge in [0.1, 0.15) is 11.3 Å². The maximum atomic E-state index is 12.7. The topological polar surface area (TPSA) is 93.7 Å². The van der Waals surface area contributed by atoms with Gasteiger partial charge in [-0.25, -0.2) is 18.4 Å². The fraction of sp³-hybridized carbons (Fsp3) is 0. The molecule has 0 saturated heterocycles. The van der Waals surface area contributed by atoms with E-state index in [1.165, 1.54) is 6.20 Å². The number of rotatable bonds is 5. The highest BCUT2D eigenvalue weighted by molar-refractivity contribution is 7.92. The van der Waals surface area contributed by atoms with Gasteiger partial charge in [0.25, 0.3) is 10.0 Å². The summed E-state index contributed by atoms with van der Waals surface area (Å²) in [5.74, 6) is 0. The van der Waals surface area contributed by atoms with Crippen LogP contribution in [0.1, 0.15) is 0 Å². The minimum Gasteiger partial charge on any atom is -0.308 e. The average Bonchev–Trinajstić information content (AvgIpc) is 3.50. The third-order valence-corrected chi connectivity index (χ3v) is 6.95. The fourth-order valence-electron chi connectivity index (χ4n) is 3.89. The van der Waals surface area contributed by atoms with Crippen molar-refractivity contribution in [3.63, 3.8) is 0 Å². The Morgan fingerprint density at radius 2 is 1.59 bits per heavy atom. The van der Waals surface area contributed by atoms with E-state index in [1.807, 2.05) is 64.1 Å². The molecule has 6 aromatic rings. The van der Waals surface area contributed by atoms with Gasteiger partial charge < -0.3 is 4.40 Å². The molecular weight excluding hydrogens is 448 g/mol. The van der Waals surface area contributed by atoms with Gasteiger partial charge in [0.05, 0.1) is 28.7 Å². The van der Waals surface area contributed by atoms with Crippen molar-refractivity contribution < 1.29 is 8.42 Å². The minimum atomic E-state index is -3.71. The van der Waals surface area contributed by atoms with Gasteiger partial charge in [-0.05, 0) is 42.5 Å². The largest absolute Gasteiger partial charge is 0.308 e. The Kier molecular flexibility index (Phi) is 4.63. The first-order valence-electron chi connectivity index (χ1n) is 10.5. The van der Waals surface area contributed by atoms with Crippen molar-refractivity contribution in [2.24, 2.45) is 0 Å². The standard InChI is InChI=1S/C25H18N6O2S/c32-34(33,22-5-2-1-3-6-22)29-21-11-19(12-26-14-21)18-8-9-25-28-15-23(31(25)17-18)20-13-27-24-7-4-10-30(24)16-20/h1-17,29H. The second kappa shape index (κ2) is 7.82. The van der Waals surface area contributed by atoms with Crippen molar-refractivity contribution in [3.8, 4) is 22.4 Å². The molecule has 0 unspecified atom stereocenters. The maximum Gasteiger partial charge on any atom is 0.261 e. The fourth-order valence-corrected chi connectivity index (χ4v) is 4.94. The molecule has 5 heterocycles. The van der Waals surface area contributed by atoms with E-state index < -0.39 is 10.0 Å². The average molecular weight is 467 g/mol. The number of nitrogens with one attached hydrogen (secondary N) is 1. The molecule has 0 fully saturated rings. The quantitative estimate of drug-likeness (QED) is 0.403. The van der Waals surface area contributed by atoms with Crippen LogP contribution in [-0.2, 0) is 10.0 Å². The molecule has 0 aliphatic carbocycles. The summed E-state index contributed by atoms with van der Waals surface area (Å²) in [7, 11) is -3.71. The van der Waals surface area contributed by atoms with E-state index in [0.717, 1.165) is 33.7 Å². The van der Waals surface area contributed by atoms with Crippen molar-refractivity contribution >= 4 is 27.0 Å². The van der Waals surface area contributed by atoms with Crippen molar-refractivity contribution in [1.29, 1.82) is 0 Å². The molecule has 0 bridgehead atoms. The van der Waals surface area contributed by atoms with Gasteiger partial charge in [-0.3, -0.25) is 14.1 Å². The monoisotopic (exact) mass is 466 g/mol. The van der Waals surface area contributed by atoms with Crippen LogP contribution in [0.4, 0.5) is 5.69 Å². The number of nitrogens with zero attached hydrogens (tertiary/aromatic N) is 5. The molecule has 5 aromatic heterocycles. The number of hydrogen-bond donors (Lipinski definition) is 1. The maximum absolute atomic E-state index is 12.7. The van der Waals surface area contributed by atoms with Crippen LogP contribution in [0, 0.1) is 0 Å². The molecule has 34 heavy (non-hydrogen) atoms. The highest BCUT2D eigenvalue weighted by atomic mass is 32.2. The highest BCUT2D eigenvalue weighted by Crippen LogP contribution is 2.27. The van der Waals surface area contributed by atoms with Crippen molar-refractivity contribution in [2.45, 2.75) is 4.90 Å². The molecule has 0 saturated carbocycles. The van der Waals surface area contributed by atoms with Crippen LogP contribution in [0.2, 0.25) is 0 Å². The van der Waals surface area contributed by atoms with Crippen LogP contribution >= 0.6 is 0 Å². The van der Waals surface area contributed by atoms with Gasteiger partial charge >= 0.3 is 0 Å². The number of aromatic nitrogens is 5. The Morgan fingerprint density at radius 3 is 2.47 bits per heavy atom. The molecule has 166 valence electrons. The Morgan fingerprint density at radius 1 is 0.735 bits per heavy atom. The van der Waals surface area contributed by atoms with E-state index >= 15 is 0 Å². The number of anilines is 1. The van der Waals surface area contributed by atoms with Crippen LogP contribution < -0.4 is 4.72 Å². The smallest absolute Gasteiger partial charge is 0.261 e. The molecule has 0 radical (unpaired) electrons. The van der Waals surface area contributed by atoms with Gasteiger partial charge in [0, 0.05) is 47.7 Å². The molecule has 1 N–H and O–H groups in total. The zero-order valence-corrected chi connectivity index (χ0v) is 18.6. The van der Waals surface area contributed by atoms with Crippen molar-refractivity contribution in [3.05, 3.63) is 104 Å². The molecule has 0 amide bonds. The zero-order valence-electron chi connectivity index (χ0n) is 17.8. The van der Waals surface area contributed by atoms with E-state index in [-0.39, 0.29) is 4.90 Å².